The van der Waals surface area contributed by atoms with Gasteiger partial charge in [0.25, 0.3) is 5.91 Å². The van der Waals surface area contributed by atoms with Crippen molar-refractivity contribution >= 4 is 17.8 Å². The summed E-state index contributed by atoms with van der Waals surface area (Å²) in [4.78, 5) is 42.4. The molecule has 2 fully saturated rings. The number of amides is 1. The van der Waals surface area contributed by atoms with Gasteiger partial charge in [-0.25, -0.2) is 19.6 Å². The van der Waals surface area contributed by atoms with E-state index in [1.165, 1.54) is 6.20 Å². The Morgan fingerprint density at radius 1 is 1.09 bits per heavy atom. The molecule has 13 heteroatoms. The van der Waals surface area contributed by atoms with E-state index in [0.717, 1.165) is 58.2 Å². The molecule has 3 rings (SSSR count). The molecule has 1 atom stereocenters. The number of aromatic carboxylic acids is 1. The third kappa shape index (κ3) is 6.36. The van der Waals surface area contributed by atoms with E-state index >= 15 is 0 Å². The second-order valence-corrected chi connectivity index (χ2v) is 7.50. The number of rotatable bonds is 5. The van der Waals surface area contributed by atoms with Crippen molar-refractivity contribution < 1.29 is 42.5 Å². The van der Waals surface area contributed by atoms with Crippen LogP contribution in [0.25, 0.3) is 0 Å². The van der Waals surface area contributed by atoms with Gasteiger partial charge in [-0.3, -0.25) is 9.69 Å². The molecule has 1 aromatic rings. The summed E-state index contributed by atoms with van der Waals surface area (Å²) in [5.41, 5.74) is -0.0920. The number of carbonyl (C=O) groups is 3. The Bertz CT molecular complexity index is 806. The summed E-state index contributed by atoms with van der Waals surface area (Å²) in [5.74, 6) is -4.24. The highest BCUT2D eigenvalue weighted by molar-refractivity contribution is 5.93. The second kappa shape index (κ2) is 10.7. The van der Waals surface area contributed by atoms with Crippen LogP contribution in [-0.4, -0.2) is 87.0 Å². The number of morpholine rings is 1. The fraction of sp³-hybridized carbons (Fsp3) is 0.632. The molecule has 3 N–H and O–H groups in total. The van der Waals surface area contributed by atoms with Crippen molar-refractivity contribution in [1.29, 1.82) is 0 Å². The summed E-state index contributed by atoms with van der Waals surface area (Å²) >= 11 is 0. The van der Waals surface area contributed by atoms with Gasteiger partial charge in [0.15, 0.2) is 5.69 Å². The van der Waals surface area contributed by atoms with E-state index < -0.39 is 18.1 Å². The van der Waals surface area contributed by atoms with Gasteiger partial charge in [-0.2, -0.15) is 13.2 Å². The molecule has 178 valence electrons. The molecule has 1 amide bonds. The number of aromatic nitrogens is 2. The van der Waals surface area contributed by atoms with Crippen LogP contribution in [0, 0.1) is 0 Å². The number of halogens is 3. The minimum atomic E-state index is -5.08. The fourth-order valence-electron chi connectivity index (χ4n) is 3.98. The monoisotopic (exact) mass is 462 g/mol. The molecule has 10 nitrogen and oxygen atoms in total. The smallest absolute Gasteiger partial charge is 0.476 e. The summed E-state index contributed by atoms with van der Waals surface area (Å²) in [5, 5.41) is 19.0. The zero-order chi connectivity index (χ0) is 23.9. The van der Waals surface area contributed by atoms with Crippen molar-refractivity contribution in [2.24, 2.45) is 0 Å². The molecule has 1 saturated carbocycles. The molecule has 1 saturated heterocycles. The molecule has 1 unspecified atom stereocenters. The van der Waals surface area contributed by atoms with Gasteiger partial charge in [-0.15, -0.1) is 0 Å². The highest BCUT2D eigenvalue weighted by Gasteiger charge is 2.45. The second-order valence-electron chi connectivity index (χ2n) is 7.50. The largest absolute Gasteiger partial charge is 0.490 e. The molecule has 0 bridgehead atoms. The highest BCUT2D eigenvalue weighted by atomic mass is 19.4. The molecule has 32 heavy (non-hydrogen) atoms. The van der Waals surface area contributed by atoms with Crippen molar-refractivity contribution in [3.05, 3.63) is 23.8 Å². The first-order valence-corrected chi connectivity index (χ1v) is 9.96. The first-order valence-electron chi connectivity index (χ1n) is 9.96. The number of carboxylic acids is 2. The lowest BCUT2D eigenvalue weighted by atomic mass is 9.86. The number of ether oxygens (including phenoxy) is 1. The first kappa shape index (κ1) is 25.5. The summed E-state index contributed by atoms with van der Waals surface area (Å²) in [6, 6.07) is -0.0402. The maximum atomic E-state index is 12.5. The molecule has 0 radical (unpaired) electrons. The van der Waals surface area contributed by atoms with E-state index in [2.05, 4.69) is 20.2 Å². The van der Waals surface area contributed by atoms with Crippen LogP contribution in [0.1, 0.15) is 53.6 Å². The van der Waals surface area contributed by atoms with Crippen LogP contribution < -0.4 is 5.32 Å². The van der Waals surface area contributed by atoms with Crippen LogP contribution in [0.5, 0.6) is 0 Å². The number of carboxylic acid groups (broad SMARTS) is 2. The van der Waals surface area contributed by atoms with E-state index in [-0.39, 0.29) is 28.9 Å². The number of nitrogens with one attached hydrogen (secondary N) is 1. The maximum Gasteiger partial charge on any atom is 0.490 e. The number of hydrogen-bond acceptors (Lipinski definition) is 7. The van der Waals surface area contributed by atoms with E-state index in [1.54, 1.807) is 0 Å². The lowest BCUT2D eigenvalue weighted by Crippen LogP contribution is -2.62. The Hall–Kier alpha value is -2.80. The average Bonchev–Trinajstić information content (AvgIpc) is 3.25. The standard InChI is InChI=1S/C17H24N4O4.C2HF3O2/c1-12(17(4-2-3-5-17)21-6-8-25-9-7-21)20-15(22)13-10-19-14(11-18-13)16(23)24;3-2(4,5)1(6)7/h10-12H,2-9H2,1H3,(H,20,22)(H,23,24);(H,6,7). The normalized spacial score (nSPS) is 19.4. The van der Waals surface area contributed by atoms with Crippen molar-refractivity contribution in [1.82, 2.24) is 20.2 Å². The third-order valence-electron chi connectivity index (χ3n) is 5.61. The van der Waals surface area contributed by atoms with Gasteiger partial charge in [-0.05, 0) is 19.8 Å². The quantitative estimate of drug-likeness (QED) is 0.594. The van der Waals surface area contributed by atoms with Gasteiger partial charge in [0.2, 0.25) is 0 Å². The zero-order valence-electron chi connectivity index (χ0n) is 17.4. The van der Waals surface area contributed by atoms with Crippen LogP contribution >= 0.6 is 0 Å². The lowest BCUT2D eigenvalue weighted by Gasteiger charge is -2.47. The minimum absolute atomic E-state index is 0.0402. The Balaban J connectivity index is 0.000000451. The third-order valence-corrected chi connectivity index (χ3v) is 5.61. The number of carbonyl (C=O) groups excluding carboxylic acids is 1. The Labute approximate surface area is 181 Å². The molecule has 0 spiro atoms. The van der Waals surface area contributed by atoms with Crippen molar-refractivity contribution in [3.8, 4) is 0 Å². The molecular weight excluding hydrogens is 437 g/mol. The van der Waals surface area contributed by atoms with E-state index in [9.17, 15) is 22.8 Å². The van der Waals surface area contributed by atoms with Gasteiger partial charge < -0.3 is 20.3 Å². The molecule has 2 aliphatic rings. The lowest BCUT2D eigenvalue weighted by molar-refractivity contribution is -0.192. The minimum Gasteiger partial charge on any atom is -0.476 e. The predicted molar refractivity (Wildman–Crippen MR) is 103 cm³/mol. The van der Waals surface area contributed by atoms with Crippen LogP contribution in [0.3, 0.4) is 0 Å². The van der Waals surface area contributed by atoms with Crippen molar-refractivity contribution in [3.63, 3.8) is 0 Å². The van der Waals surface area contributed by atoms with Crippen LogP contribution in [0.2, 0.25) is 0 Å². The van der Waals surface area contributed by atoms with Crippen LogP contribution in [0.15, 0.2) is 12.4 Å². The number of alkyl halides is 3. The molecular formula is C19H25F3N4O6. The average molecular weight is 462 g/mol. The summed E-state index contributed by atoms with van der Waals surface area (Å²) in [6.45, 7) is 5.26. The van der Waals surface area contributed by atoms with Gasteiger partial charge >= 0.3 is 18.1 Å². The molecule has 0 aromatic carbocycles. The zero-order valence-corrected chi connectivity index (χ0v) is 17.4. The Morgan fingerprint density at radius 3 is 2.03 bits per heavy atom. The Kier molecular flexibility index (Phi) is 8.50. The molecule has 1 aliphatic carbocycles. The molecule has 1 aliphatic heterocycles. The van der Waals surface area contributed by atoms with Crippen LogP contribution in [0.4, 0.5) is 13.2 Å². The Morgan fingerprint density at radius 2 is 1.59 bits per heavy atom. The number of hydrogen-bond donors (Lipinski definition) is 3. The number of nitrogens with zero attached hydrogens (tertiary/aromatic N) is 3. The number of aliphatic carboxylic acids is 1. The predicted octanol–water partition coefficient (Wildman–Crippen LogP) is 1.57. The molecule has 2 heterocycles. The van der Waals surface area contributed by atoms with Gasteiger partial charge in [0.05, 0.1) is 25.6 Å². The topological polar surface area (TPSA) is 142 Å². The van der Waals surface area contributed by atoms with E-state index in [4.69, 9.17) is 19.7 Å². The van der Waals surface area contributed by atoms with Gasteiger partial charge in [-0.1, -0.05) is 12.8 Å². The maximum absolute atomic E-state index is 12.5. The first-order chi connectivity index (χ1) is 15.0. The fourth-order valence-corrected chi connectivity index (χ4v) is 3.98. The van der Waals surface area contributed by atoms with Gasteiger partial charge in [0.1, 0.15) is 5.69 Å². The highest BCUT2D eigenvalue weighted by Crippen LogP contribution is 2.38. The van der Waals surface area contributed by atoms with E-state index in [1.807, 2.05) is 6.92 Å². The van der Waals surface area contributed by atoms with Gasteiger partial charge in [0, 0.05) is 24.7 Å². The summed E-state index contributed by atoms with van der Waals surface area (Å²) < 4.78 is 37.2. The SMILES string of the molecule is CC(NC(=O)c1cnc(C(=O)O)cn1)C1(N2CCOCC2)CCCC1.O=C(O)C(F)(F)F. The van der Waals surface area contributed by atoms with Crippen LogP contribution in [-0.2, 0) is 9.53 Å². The molecule has 1 aromatic heterocycles. The summed E-state index contributed by atoms with van der Waals surface area (Å²) in [6.07, 6.45) is 1.66. The summed E-state index contributed by atoms with van der Waals surface area (Å²) in [7, 11) is 0. The van der Waals surface area contributed by atoms with E-state index in [0.29, 0.717) is 0 Å². The van der Waals surface area contributed by atoms with Crippen molar-refractivity contribution in [2.45, 2.75) is 50.4 Å². The van der Waals surface area contributed by atoms with Crippen molar-refractivity contribution in [2.75, 3.05) is 26.3 Å².